The van der Waals surface area contributed by atoms with E-state index in [0.717, 1.165) is 22.1 Å². The summed E-state index contributed by atoms with van der Waals surface area (Å²) < 4.78 is 10.3. The molecular formula is C10H11NO3S4. The van der Waals surface area contributed by atoms with Gasteiger partial charge >= 0.3 is 6.08 Å². The zero-order valence-corrected chi connectivity index (χ0v) is 13.0. The van der Waals surface area contributed by atoms with Gasteiger partial charge in [-0.25, -0.2) is 0 Å². The Morgan fingerprint density at radius 1 is 1.06 bits per heavy atom. The standard InChI is InChI=1S/C10H11NO3S4/c1-15-17-13-10(14-18-16-2)11-9(12)8-6-4-3-5-7-8/h3-7H,1-2H3. The molecule has 4 nitrogen and oxygen atoms in total. The highest BCUT2D eigenvalue weighted by Gasteiger charge is 2.10. The molecule has 18 heavy (non-hydrogen) atoms. The first kappa shape index (κ1) is 15.6. The fraction of sp³-hybridized carbons (Fsp3) is 0.200. The molecule has 0 spiro atoms. The van der Waals surface area contributed by atoms with Gasteiger partial charge in [0.2, 0.25) is 0 Å². The van der Waals surface area contributed by atoms with Gasteiger partial charge in [-0.15, -0.1) is 4.99 Å². The van der Waals surface area contributed by atoms with Crippen molar-refractivity contribution in [1.29, 1.82) is 0 Å². The lowest BCUT2D eigenvalue weighted by Crippen LogP contribution is -2.05. The summed E-state index contributed by atoms with van der Waals surface area (Å²) in [4.78, 5) is 15.6. The summed E-state index contributed by atoms with van der Waals surface area (Å²) in [6.45, 7) is 0. The van der Waals surface area contributed by atoms with Gasteiger partial charge in [0.25, 0.3) is 5.91 Å². The maximum Gasteiger partial charge on any atom is 0.418 e. The third-order valence-corrected chi connectivity index (χ3v) is 3.48. The number of benzene rings is 1. The van der Waals surface area contributed by atoms with Crippen LogP contribution < -0.4 is 0 Å². The number of hydrogen-bond donors (Lipinski definition) is 0. The highest BCUT2D eigenvalue weighted by atomic mass is 33.1. The van der Waals surface area contributed by atoms with Crippen LogP contribution in [0.4, 0.5) is 0 Å². The second-order valence-corrected chi connectivity index (χ2v) is 6.77. The molecule has 0 aliphatic heterocycles. The lowest BCUT2D eigenvalue weighted by molar-refractivity contribution is 0.0999. The van der Waals surface area contributed by atoms with Crippen LogP contribution in [0.25, 0.3) is 0 Å². The van der Waals surface area contributed by atoms with Gasteiger partial charge in [-0.05, 0) is 24.6 Å². The van der Waals surface area contributed by atoms with E-state index in [-0.39, 0.29) is 6.08 Å². The average molecular weight is 321 g/mol. The maximum absolute atomic E-state index is 11.8. The Balaban J connectivity index is 2.70. The van der Waals surface area contributed by atoms with Crippen LogP contribution in [-0.2, 0) is 8.37 Å². The molecule has 0 bridgehead atoms. The molecule has 1 rings (SSSR count). The third-order valence-electron chi connectivity index (χ3n) is 1.56. The van der Waals surface area contributed by atoms with Crippen molar-refractivity contribution >= 4 is 55.7 Å². The number of hydrogen-bond acceptors (Lipinski definition) is 7. The van der Waals surface area contributed by atoms with Crippen LogP contribution in [0, 0.1) is 0 Å². The van der Waals surface area contributed by atoms with Gasteiger partial charge in [0.15, 0.2) is 0 Å². The second-order valence-electron chi connectivity index (χ2n) is 2.68. The Bertz CT molecular complexity index is 389. The van der Waals surface area contributed by atoms with E-state index in [1.807, 2.05) is 18.6 Å². The van der Waals surface area contributed by atoms with Gasteiger partial charge in [0.05, 0.1) is 0 Å². The number of amides is 1. The molecule has 98 valence electrons. The molecule has 0 heterocycles. The molecule has 0 unspecified atom stereocenters. The number of nitrogens with zero attached hydrogens (tertiary/aromatic N) is 1. The van der Waals surface area contributed by atoms with Gasteiger partial charge < -0.3 is 8.37 Å². The van der Waals surface area contributed by atoms with E-state index < -0.39 is 5.91 Å². The Kier molecular flexibility index (Phi) is 8.23. The molecule has 1 amide bonds. The first-order chi connectivity index (χ1) is 8.77. The van der Waals surface area contributed by atoms with E-state index in [4.69, 9.17) is 8.37 Å². The molecule has 0 saturated carbocycles. The summed E-state index contributed by atoms with van der Waals surface area (Å²) in [6.07, 6.45) is 3.65. The monoisotopic (exact) mass is 321 g/mol. The summed E-state index contributed by atoms with van der Waals surface area (Å²) in [5, 5.41) is 0. The number of carbonyl (C=O) groups excluding carboxylic acids is 1. The smallest absolute Gasteiger partial charge is 0.363 e. The molecule has 0 fully saturated rings. The van der Waals surface area contributed by atoms with Gasteiger partial charge in [0, 0.05) is 5.56 Å². The second kappa shape index (κ2) is 9.48. The van der Waals surface area contributed by atoms with E-state index in [9.17, 15) is 4.79 Å². The lowest BCUT2D eigenvalue weighted by atomic mass is 10.2. The highest BCUT2D eigenvalue weighted by molar-refractivity contribution is 8.75. The first-order valence-electron chi connectivity index (χ1n) is 4.70. The van der Waals surface area contributed by atoms with Crippen molar-refractivity contribution < 1.29 is 13.2 Å². The zero-order valence-electron chi connectivity index (χ0n) is 9.69. The van der Waals surface area contributed by atoms with Crippen LogP contribution in [0.1, 0.15) is 10.4 Å². The largest absolute Gasteiger partial charge is 0.418 e. The summed E-state index contributed by atoms with van der Waals surface area (Å²) >= 11 is 2.18. The highest BCUT2D eigenvalue weighted by Crippen LogP contribution is 2.24. The van der Waals surface area contributed by atoms with Crippen molar-refractivity contribution in [2.75, 3.05) is 12.5 Å². The fourth-order valence-electron chi connectivity index (χ4n) is 0.906. The molecule has 1 aromatic rings. The molecule has 0 aromatic heterocycles. The van der Waals surface area contributed by atoms with Crippen LogP contribution >= 0.6 is 43.7 Å². The predicted molar refractivity (Wildman–Crippen MR) is 82.6 cm³/mol. The average Bonchev–Trinajstić information content (AvgIpc) is 2.42. The minimum atomic E-state index is -0.394. The summed E-state index contributed by atoms with van der Waals surface area (Å²) in [6, 6.07) is 8.76. The molecular weight excluding hydrogens is 310 g/mol. The lowest BCUT2D eigenvalue weighted by Gasteiger charge is -2.04. The van der Waals surface area contributed by atoms with Crippen molar-refractivity contribution in [3.05, 3.63) is 35.9 Å². The quantitative estimate of drug-likeness (QED) is 0.350. The van der Waals surface area contributed by atoms with E-state index in [2.05, 4.69) is 4.99 Å². The maximum atomic E-state index is 11.8. The van der Waals surface area contributed by atoms with Gasteiger partial charge in [-0.2, -0.15) is 0 Å². The van der Waals surface area contributed by atoms with Crippen molar-refractivity contribution in [2.24, 2.45) is 4.99 Å². The normalized spacial score (nSPS) is 9.67. The van der Waals surface area contributed by atoms with E-state index in [1.54, 1.807) is 24.3 Å². The minimum absolute atomic E-state index is 0.0532. The molecule has 8 heteroatoms. The summed E-state index contributed by atoms with van der Waals surface area (Å²) in [5.74, 6) is -0.394. The third kappa shape index (κ3) is 5.94. The molecule has 1 aromatic carbocycles. The number of aliphatic imine (C=N–C) groups is 1. The van der Waals surface area contributed by atoms with Gasteiger partial charge in [-0.3, -0.25) is 4.79 Å². The number of carbonyl (C=O) groups is 1. The molecule has 0 atom stereocenters. The Morgan fingerprint density at radius 2 is 1.61 bits per heavy atom. The predicted octanol–water partition coefficient (Wildman–Crippen LogP) is 4.07. The van der Waals surface area contributed by atoms with Gasteiger partial charge in [-0.1, -0.05) is 39.8 Å². The zero-order chi connectivity index (χ0) is 13.2. The summed E-state index contributed by atoms with van der Waals surface area (Å²) in [5.41, 5.74) is 0.491. The van der Waals surface area contributed by atoms with E-state index in [1.165, 1.54) is 21.6 Å². The van der Waals surface area contributed by atoms with Crippen molar-refractivity contribution in [3.63, 3.8) is 0 Å². The van der Waals surface area contributed by atoms with Crippen molar-refractivity contribution in [2.45, 2.75) is 0 Å². The fourth-order valence-corrected chi connectivity index (χ4v) is 2.10. The Labute approximate surface area is 122 Å². The van der Waals surface area contributed by atoms with Crippen molar-refractivity contribution in [3.8, 4) is 0 Å². The molecule has 0 aliphatic rings. The number of rotatable bonds is 5. The van der Waals surface area contributed by atoms with E-state index in [0.29, 0.717) is 5.56 Å². The molecule has 0 saturated heterocycles. The van der Waals surface area contributed by atoms with Crippen LogP contribution in [0.5, 0.6) is 0 Å². The topological polar surface area (TPSA) is 47.9 Å². The first-order valence-corrected chi connectivity index (χ1v) is 9.67. The Morgan fingerprint density at radius 3 is 2.11 bits per heavy atom. The summed E-state index contributed by atoms with van der Waals surface area (Å²) in [7, 11) is 2.79. The van der Waals surface area contributed by atoms with E-state index >= 15 is 0 Å². The molecule has 0 radical (unpaired) electrons. The van der Waals surface area contributed by atoms with Crippen LogP contribution in [0.2, 0.25) is 0 Å². The van der Waals surface area contributed by atoms with Crippen molar-refractivity contribution in [1.82, 2.24) is 0 Å². The minimum Gasteiger partial charge on any atom is -0.363 e. The van der Waals surface area contributed by atoms with Crippen LogP contribution in [-0.4, -0.2) is 24.5 Å². The molecule has 0 aliphatic carbocycles. The molecule has 0 N–H and O–H groups in total. The van der Waals surface area contributed by atoms with Crippen LogP contribution in [0.3, 0.4) is 0 Å². The SMILES string of the molecule is CSSOC(=NC(=O)c1ccccc1)OSSC. The Hall–Kier alpha value is -0.440. The van der Waals surface area contributed by atoms with Crippen LogP contribution in [0.15, 0.2) is 35.3 Å². The van der Waals surface area contributed by atoms with Gasteiger partial charge in [0.1, 0.15) is 22.1 Å².